The van der Waals surface area contributed by atoms with Crippen LogP contribution in [0.25, 0.3) is 0 Å². The maximum atomic E-state index is 13.2. The largest absolute Gasteiger partial charge is 0.312 e. The van der Waals surface area contributed by atoms with Crippen LogP contribution in [0.5, 0.6) is 0 Å². The molecule has 17 heavy (non-hydrogen) atoms. The Morgan fingerprint density at radius 2 is 2.18 bits per heavy atom. The van der Waals surface area contributed by atoms with Gasteiger partial charge in [0.15, 0.2) is 0 Å². The molecule has 1 heterocycles. The number of nitrogens with one attached hydrogen (secondary N) is 2. The lowest BCUT2D eigenvalue weighted by Gasteiger charge is -2.30. The van der Waals surface area contributed by atoms with E-state index in [2.05, 4.69) is 31.4 Å². The van der Waals surface area contributed by atoms with Crippen LogP contribution in [-0.2, 0) is 6.54 Å². The van der Waals surface area contributed by atoms with Gasteiger partial charge in [0.25, 0.3) is 0 Å². The van der Waals surface area contributed by atoms with Crippen molar-refractivity contribution >= 4 is 0 Å². The van der Waals surface area contributed by atoms with Crippen LogP contribution >= 0.6 is 0 Å². The van der Waals surface area contributed by atoms with Crippen LogP contribution in [0, 0.1) is 5.82 Å². The second kappa shape index (κ2) is 4.75. The van der Waals surface area contributed by atoms with Crippen molar-refractivity contribution in [1.82, 2.24) is 10.6 Å². The van der Waals surface area contributed by atoms with Gasteiger partial charge in [0.2, 0.25) is 0 Å². The molecule has 1 aliphatic heterocycles. The fourth-order valence-electron chi connectivity index (χ4n) is 2.23. The Morgan fingerprint density at radius 3 is 2.88 bits per heavy atom. The Morgan fingerprint density at radius 1 is 1.41 bits per heavy atom. The van der Waals surface area contributed by atoms with Crippen LogP contribution in [0.2, 0.25) is 0 Å². The first kappa shape index (κ1) is 12.5. The lowest BCUT2D eigenvalue weighted by atomic mass is 9.90. The number of hydrogen-bond acceptors (Lipinski definition) is 2. The fourth-order valence-corrected chi connectivity index (χ4v) is 2.23. The first-order valence-electron chi connectivity index (χ1n) is 6.20. The molecule has 2 N–H and O–H groups in total. The van der Waals surface area contributed by atoms with Crippen LogP contribution in [0.1, 0.15) is 37.8 Å². The van der Waals surface area contributed by atoms with Crippen molar-refractivity contribution in [2.24, 2.45) is 0 Å². The number of rotatable bonds is 2. The Bertz CT molecular complexity index is 396. The zero-order valence-corrected chi connectivity index (χ0v) is 10.8. The monoisotopic (exact) mass is 236 g/mol. The lowest BCUT2D eigenvalue weighted by molar-refractivity contribution is 0.391. The highest BCUT2D eigenvalue weighted by Gasteiger charge is 2.21. The highest BCUT2D eigenvalue weighted by molar-refractivity contribution is 5.33. The zero-order chi connectivity index (χ0) is 12.5. The normalized spacial score (nSPS) is 20.1. The predicted molar refractivity (Wildman–Crippen MR) is 68.6 cm³/mol. The van der Waals surface area contributed by atoms with Gasteiger partial charge < -0.3 is 10.6 Å². The van der Waals surface area contributed by atoms with E-state index in [0.29, 0.717) is 5.92 Å². The van der Waals surface area contributed by atoms with Crippen molar-refractivity contribution in [3.05, 3.63) is 35.1 Å². The van der Waals surface area contributed by atoms with Gasteiger partial charge >= 0.3 is 0 Å². The molecule has 1 aromatic rings. The zero-order valence-electron chi connectivity index (χ0n) is 10.8. The summed E-state index contributed by atoms with van der Waals surface area (Å²) in [6.45, 7) is 9.15. The number of fused-ring (bicyclic) bond motifs is 1. The third-order valence-electron chi connectivity index (χ3n) is 3.13. The fraction of sp³-hybridized carbons (Fsp3) is 0.571. The molecule has 0 saturated heterocycles. The van der Waals surface area contributed by atoms with Crippen molar-refractivity contribution in [3.63, 3.8) is 0 Å². The molecule has 0 amide bonds. The van der Waals surface area contributed by atoms with Crippen molar-refractivity contribution < 1.29 is 4.39 Å². The quantitative estimate of drug-likeness (QED) is 0.824. The summed E-state index contributed by atoms with van der Waals surface area (Å²) in [7, 11) is 0. The molecular formula is C14H21FN2. The molecule has 3 heteroatoms. The van der Waals surface area contributed by atoms with E-state index >= 15 is 0 Å². The van der Waals surface area contributed by atoms with Crippen molar-refractivity contribution in [2.45, 2.75) is 38.8 Å². The molecule has 0 fully saturated rings. The molecule has 2 rings (SSSR count). The van der Waals surface area contributed by atoms with Gasteiger partial charge in [-0.25, -0.2) is 4.39 Å². The Labute approximate surface area is 103 Å². The summed E-state index contributed by atoms with van der Waals surface area (Å²) in [4.78, 5) is 0. The molecule has 0 saturated carbocycles. The van der Waals surface area contributed by atoms with Crippen molar-refractivity contribution in [3.8, 4) is 0 Å². The molecule has 0 bridgehead atoms. The predicted octanol–water partition coefficient (Wildman–Crippen LogP) is 2.40. The van der Waals surface area contributed by atoms with Gasteiger partial charge in [-0.15, -0.1) is 0 Å². The SMILES string of the molecule is CC(C)(C)NCC1CNCc2cc(F)ccc21. The van der Waals surface area contributed by atoms with Crippen molar-refractivity contribution in [1.29, 1.82) is 0 Å². The summed E-state index contributed by atoms with van der Waals surface area (Å²) in [5.41, 5.74) is 2.50. The first-order valence-corrected chi connectivity index (χ1v) is 6.20. The Hall–Kier alpha value is -0.930. The highest BCUT2D eigenvalue weighted by Crippen LogP contribution is 2.24. The molecule has 1 aliphatic rings. The van der Waals surface area contributed by atoms with E-state index in [1.165, 1.54) is 5.56 Å². The average Bonchev–Trinajstić information content (AvgIpc) is 2.24. The molecule has 0 aliphatic carbocycles. The minimum atomic E-state index is -0.144. The second-order valence-electron chi connectivity index (χ2n) is 5.80. The van der Waals surface area contributed by atoms with Gasteiger partial charge in [-0.05, 0) is 44.0 Å². The van der Waals surface area contributed by atoms with E-state index in [1.807, 2.05) is 6.07 Å². The summed E-state index contributed by atoms with van der Waals surface area (Å²) in [6.07, 6.45) is 0. The molecule has 2 nitrogen and oxygen atoms in total. The lowest BCUT2D eigenvalue weighted by Crippen LogP contribution is -2.42. The third-order valence-corrected chi connectivity index (χ3v) is 3.13. The molecule has 0 radical (unpaired) electrons. The van der Waals surface area contributed by atoms with E-state index in [1.54, 1.807) is 12.1 Å². The van der Waals surface area contributed by atoms with Gasteiger partial charge in [-0.3, -0.25) is 0 Å². The maximum Gasteiger partial charge on any atom is 0.123 e. The van der Waals surface area contributed by atoms with Gasteiger partial charge in [0, 0.05) is 31.1 Å². The summed E-state index contributed by atoms with van der Waals surface area (Å²) < 4.78 is 13.2. The molecule has 1 unspecified atom stereocenters. The molecular weight excluding hydrogens is 215 g/mol. The third kappa shape index (κ3) is 3.27. The van der Waals surface area contributed by atoms with Gasteiger partial charge in [-0.2, -0.15) is 0 Å². The Balaban J connectivity index is 2.12. The number of benzene rings is 1. The van der Waals surface area contributed by atoms with E-state index in [0.717, 1.165) is 25.2 Å². The van der Waals surface area contributed by atoms with Crippen LogP contribution in [-0.4, -0.2) is 18.6 Å². The van der Waals surface area contributed by atoms with Crippen molar-refractivity contribution in [2.75, 3.05) is 13.1 Å². The van der Waals surface area contributed by atoms with E-state index < -0.39 is 0 Å². The summed E-state index contributed by atoms with van der Waals surface area (Å²) in [5, 5.41) is 6.86. The summed E-state index contributed by atoms with van der Waals surface area (Å²) in [6, 6.07) is 5.14. The first-order chi connectivity index (χ1) is 7.96. The topological polar surface area (TPSA) is 24.1 Å². The maximum absolute atomic E-state index is 13.2. The molecule has 94 valence electrons. The minimum Gasteiger partial charge on any atom is -0.312 e. The van der Waals surface area contributed by atoms with Gasteiger partial charge in [0.05, 0.1) is 0 Å². The van der Waals surface area contributed by atoms with Crippen LogP contribution < -0.4 is 10.6 Å². The minimum absolute atomic E-state index is 0.123. The van der Waals surface area contributed by atoms with Crippen LogP contribution in [0.4, 0.5) is 4.39 Å². The molecule has 0 spiro atoms. The van der Waals surface area contributed by atoms with Gasteiger partial charge in [-0.1, -0.05) is 6.07 Å². The summed E-state index contributed by atoms with van der Waals surface area (Å²) >= 11 is 0. The van der Waals surface area contributed by atoms with Gasteiger partial charge in [0.1, 0.15) is 5.82 Å². The molecule has 1 atom stereocenters. The van der Waals surface area contributed by atoms with E-state index in [9.17, 15) is 4.39 Å². The summed E-state index contributed by atoms with van der Waals surface area (Å²) in [5.74, 6) is 0.286. The average molecular weight is 236 g/mol. The van der Waals surface area contributed by atoms with E-state index in [-0.39, 0.29) is 11.4 Å². The molecule has 1 aromatic carbocycles. The number of halogens is 1. The standard InChI is InChI=1S/C14H21FN2/c1-14(2,3)17-9-11-8-16-7-10-6-12(15)4-5-13(10)11/h4-6,11,16-17H,7-9H2,1-3H3. The Kier molecular flexibility index (Phi) is 3.50. The highest BCUT2D eigenvalue weighted by atomic mass is 19.1. The number of hydrogen-bond donors (Lipinski definition) is 2. The second-order valence-corrected chi connectivity index (χ2v) is 5.80. The van der Waals surface area contributed by atoms with Crippen LogP contribution in [0.3, 0.4) is 0 Å². The van der Waals surface area contributed by atoms with Crippen LogP contribution in [0.15, 0.2) is 18.2 Å². The molecule has 0 aromatic heterocycles. The smallest absolute Gasteiger partial charge is 0.123 e. The van der Waals surface area contributed by atoms with E-state index in [4.69, 9.17) is 0 Å².